The van der Waals surface area contributed by atoms with Crippen molar-refractivity contribution < 1.29 is 13.2 Å². The van der Waals surface area contributed by atoms with Crippen molar-refractivity contribution in [3.63, 3.8) is 0 Å². The molecule has 0 spiro atoms. The Labute approximate surface area is 187 Å². The standard InChI is InChI=1S/C22H49F3N6/c1-4-6-19(3,13-26)17-30-11-9-21(16-29,12-22(23,24)25)18-31-10-8-20(14-27,15-28)7-5-2/h30-31H,4-18,26-29H2,1-3H3. The molecule has 10 N–H and O–H groups in total. The predicted octanol–water partition coefficient (Wildman–Crippen LogP) is 2.31. The zero-order valence-corrected chi connectivity index (χ0v) is 20.0. The van der Waals surface area contributed by atoms with E-state index >= 15 is 0 Å². The summed E-state index contributed by atoms with van der Waals surface area (Å²) in [5.74, 6) is 0. The first-order valence-corrected chi connectivity index (χ1v) is 11.8. The fraction of sp³-hybridized carbons (Fsp3) is 1.00. The van der Waals surface area contributed by atoms with Crippen LogP contribution in [0.5, 0.6) is 0 Å². The lowest BCUT2D eigenvalue weighted by Gasteiger charge is -2.36. The Bertz CT molecular complexity index is 459. The van der Waals surface area contributed by atoms with E-state index in [9.17, 15) is 13.2 Å². The summed E-state index contributed by atoms with van der Waals surface area (Å²) in [5, 5.41) is 6.55. The van der Waals surface area contributed by atoms with Gasteiger partial charge < -0.3 is 33.6 Å². The molecule has 0 fully saturated rings. The average molecular weight is 455 g/mol. The van der Waals surface area contributed by atoms with Crippen LogP contribution in [0.1, 0.15) is 65.7 Å². The van der Waals surface area contributed by atoms with E-state index in [1.54, 1.807) is 0 Å². The summed E-state index contributed by atoms with van der Waals surface area (Å²) in [6, 6.07) is 0. The quantitative estimate of drug-likeness (QED) is 0.166. The molecule has 0 aromatic carbocycles. The first kappa shape index (κ1) is 30.6. The molecule has 0 aliphatic heterocycles. The van der Waals surface area contributed by atoms with Crippen molar-refractivity contribution in [2.45, 2.75) is 71.9 Å². The largest absolute Gasteiger partial charge is 0.389 e. The molecule has 0 saturated heterocycles. The van der Waals surface area contributed by atoms with Crippen molar-refractivity contribution in [2.75, 3.05) is 52.4 Å². The molecule has 0 bridgehead atoms. The van der Waals surface area contributed by atoms with Gasteiger partial charge in [-0.15, -0.1) is 0 Å². The highest BCUT2D eigenvalue weighted by Crippen LogP contribution is 2.35. The number of alkyl halides is 3. The number of halogens is 3. The Morgan fingerprint density at radius 3 is 1.55 bits per heavy atom. The minimum absolute atomic E-state index is 0.0296. The molecular weight excluding hydrogens is 405 g/mol. The van der Waals surface area contributed by atoms with E-state index in [4.69, 9.17) is 22.9 Å². The van der Waals surface area contributed by atoms with Crippen LogP contribution < -0.4 is 33.6 Å². The zero-order valence-electron chi connectivity index (χ0n) is 20.0. The molecule has 0 rings (SSSR count). The van der Waals surface area contributed by atoms with Crippen LogP contribution in [-0.4, -0.2) is 58.5 Å². The topological polar surface area (TPSA) is 128 Å². The Morgan fingerprint density at radius 1 is 0.645 bits per heavy atom. The summed E-state index contributed by atoms with van der Waals surface area (Å²) in [6.07, 6.45) is -0.205. The van der Waals surface area contributed by atoms with Crippen molar-refractivity contribution in [2.24, 2.45) is 39.2 Å². The molecule has 6 nitrogen and oxygen atoms in total. The first-order valence-electron chi connectivity index (χ1n) is 11.8. The second-order valence-corrected chi connectivity index (χ2v) is 9.77. The van der Waals surface area contributed by atoms with E-state index in [0.29, 0.717) is 45.7 Å². The lowest BCUT2D eigenvalue weighted by Crippen LogP contribution is -2.47. The maximum atomic E-state index is 13.3. The van der Waals surface area contributed by atoms with E-state index < -0.39 is 18.0 Å². The van der Waals surface area contributed by atoms with E-state index in [1.807, 2.05) is 0 Å². The molecule has 0 saturated carbocycles. The van der Waals surface area contributed by atoms with Gasteiger partial charge >= 0.3 is 6.18 Å². The molecule has 188 valence electrons. The van der Waals surface area contributed by atoms with E-state index in [1.165, 1.54) is 0 Å². The van der Waals surface area contributed by atoms with Crippen LogP contribution in [0.15, 0.2) is 0 Å². The van der Waals surface area contributed by atoms with Crippen molar-refractivity contribution in [1.29, 1.82) is 0 Å². The molecule has 0 heterocycles. The smallest absolute Gasteiger partial charge is 0.330 e. The van der Waals surface area contributed by atoms with Gasteiger partial charge in [0.1, 0.15) is 0 Å². The van der Waals surface area contributed by atoms with Crippen molar-refractivity contribution >= 4 is 0 Å². The van der Waals surface area contributed by atoms with Gasteiger partial charge in [0.25, 0.3) is 0 Å². The third-order valence-electron chi connectivity index (χ3n) is 6.72. The number of nitrogens with two attached hydrogens (primary N) is 4. The highest BCUT2D eigenvalue weighted by atomic mass is 19.4. The molecule has 0 amide bonds. The molecule has 31 heavy (non-hydrogen) atoms. The van der Waals surface area contributed by atoms with Crippen molar-refractivity contribution in [1.82, 2.24) is 10.6 Å². The summed E-state index contributed by atoms with van der Waals surface area (Å²) in [4.78, 5) is 0. The van der Waals surface area contributed by atoms with Gasteiger partial charge in [-0.05, 0) is 75.8 Å². The van der Waals surface area contributed by atoms with Crippen LogP contribution in [0.3, 0.4) is 0 Å². The minimum Gasteiger partial charge on any atom is -0.330 e. The highest BCUT2D eigenvalue weighted by molar-refractivity contribution is 4.88. The number of hydrogen-bond donors (Lipinski definition) is 6. The number of rotatable bonds is 19. The van der Waals surface area contributed by atoms with Crippen LogP contribution in [0.2, 0.25) is 0 Å². The van der Waals surface area contributed by atoms with Crippen LogP contribution in [0, 0.1) is 16.2 Å². The highest BCUT2D eigenvalue weighted by Gasteiger charge is 2.41. The third-order valence-corrected chi connectivity index (χ3v) is 6.72. The van der Waals surface area contributed by atoms with Gasteiger partial charge in [0, 0.05) is 18.5 Å². The van der Waals surface area contributed by atoms with Crippen LogP contribution in [-0.2, 0) is 0 Å². The lowest BCUT2D eigenvalue weighted by atomic mass is 9.79. The molecule has 0 aliphatic carbocycles. The Morgan fingerprint density at radius 2 is 1.13 bits per heavy atom. The van der Waals surface area contributed by atoms with Crippen LogP contribution >= 0.6 is 0 Å². The maximum absolute atomic E-state index is 13.3. The number of nitrogens with one attached hydrogen (secondary N) is 2. The van der Waals surface area contributed by atoms with E-state index in [2.05, 4.69) is 31.4 Å². The molecule has 0 radical (unpaired) electrons. The molecule has 0 aromatic heterocycles. The lowest BCUT2D eigenvalue weighted by molar-refractivity contribution is -0.158. The fourth-order valence-corrected chi connectivity index (χ4v) is 4.37. The van der Waals surface area contributed by atoms with Crippen LogP contribution in [0.25, 0.3) is 0 Å². The normalized spacial score (nSPS) is 16.8. The van der Waals surface area contributed by atoms with E-state index in [-0.39, 0.29) is 23.9 Å². The Balaban J connectivity index is 4.93. The fourth-order valence-electron chi connectivity index (χ4n) is 4.37. The van der Waals surface area contributed by atoms with Crippen molar-refractivity contribution in [3.05, 3.63) is 0 Å². The third kappa shape index (κ3) is 11.8. The van der Waals surface area contributed by atoms with Gasteiger partial charge in [-0.25, -0.2) is 0 Å². The summed E-state index contributed by atoms with van der Waals surface area (Å²) in [6.45, 7) is 9.70. The number of hydrogen-bond acceptors (Lipinski definition) is 6. The van der Waals surface area contributed by atoms with Gasteiger partial charge in [-0.1, -0.05) is 33.6 Å². The Hall–Kier alpha value is -0.450. The van der Waals surface area contributed by atoms with Gasteiger partial charge in [0.15, 0.2) is 0 Å². The molecule has 2 atom stereocenters. The average Bonchev–Trinajstić information content (AvgIpc) is 2.72. The molecule has 0 aliphatic rings. The van der Waals surface area contributed by atoms with E-state index in [0.717, 1.165) is 32.1 Å². The van der Waals surface area contributed by atoms with Gasteiger partial charge in [0.2, 0.25) is 0 Å². The van der Waals surface area contributed by atoms with Crippen LogP contribution in [0.4, 0.5) is 13.2 Å². The summed E-state index contributed by atoms with van der Waals surface area (Å²) in [5.41, 5.74) is 22.4. The van der Waals surface area contributed by atoms with Gasteiger partial charge in [0.05, 0.1) is 6.42 Å². The SMILES string of the molecule is CCCC(C)(CN)CNCCC(CN)(CNCCC(CN)(CN)CCC)CC(F)(F)F. The second-order valence-electron chi connectivity index (χ2n) is 9.77. The monoisotopic (exact) mass is 454 g/mol. The molecule has 0 aromatic rings. The second kappa shape index (κ2) is 14.6. The van der Waals surface area contributed by atoms with Gasteiger partial charge in [-0.3, -0.25) is 0 Å². The molecule has 9 heteroatoms. The minimum atomic E-state index is -4.27. The molecular formula is C22H49F3N6. The maximum Gasteiger partial charge on any atom is 0.389 e. The van der Waals surface area contributed by atoms with Crippen molar-refractivity contribution in [3.8, 4) is 0 Å². The predicted molar refractivity (Wildman–Crippen MR) is 125 cm³/mol. The molecule has 2 unspecified atom stereocenters. The summed E-state index contributed by atoms with van der Waals surface area (Å²) in [7, 11) is 0. The first-order chi connectivity index (χ1) is 14.5. The van der Waals surface area contributed by atoms with Gasteiger partial charge in [-0.2, -0.15) is 13.2 Å². The summed E-state index contributed by atoms with van der Waals surface area (Å²) < 4.78 is 40.0. The summed E-state index contributed by atoms with van der Waals surface area (Å²) >= 11 is 0. The Kier molecular flexibility index (Phi) is 14.4. The zero-order chi connectivity index (χ0) is 24.0.